The fourth-order valence-corrected chi connectivity index (χ4v) is 3.31. The quantitative estimate of drug-likeness (QED) is 0.793. The van der Waals surface area contributed by atoms with Crippen LogP contribution >= 0.6 is 0 Å². The van der Waals surface area contributed by atoms with Gasteiger partial charge in [0.15, 0.2) is 0 Å². The van der Waals surface area contributed by atoms with E-state index in [-0.39, 0.29) is 0 Å². The molecule has 2 heterocycles. The van der Waals surface area contributed by atoms with Crippen molar-refractivity contribution in [1.29, 1.82) is 0 Å². The van der Waals surface area contributed by atoms with Crippen molar-refractivity contribution in [2.24, 2.45) is 11.8 Å². The molecule has 0 aromatic heterocycles. The number of carboxylic acids is 1. The van der Waals surface area contributed by atoms with Crippen LogP contribution in [0.3, 0.4) is 0 Å². The second kappa shape index (κ2) is 7.96. The topological polar surface area (TPSA) is 53.0 Å². The molecular formula is C15H28N2O3. The summed E-state index contributed by atoms with van der Waals surface area (Å²) < 4.78 is 5.37. The van der Waals surface area contributed by atoms with Crippen LogP contribution in [-0.4, -0.2) is 73.4 Å². The van der Waals surface area contributed by atoms with Crippen molar-refractivity contribution in [3.63, 3.8) is 0 Å². The summed E-state index contributed by atoms with van der Waals surface area (Å²) in [4.78, 5) is 15.8. The van der Waals surface area contributed by atoms with Gasteiger partial charge in [0.05, 0.1) is 13.2 Å². The van der Waals surface area contributed by atoms with E-state index in [4.69, 9.17) is 9.84 Å². The summed E-state index contributed by atoms with van der Waals surface area (Å²) in [7, 11) is 0. The van der Waals surface area contributed by atoms with Gasteiger partial charge in [-0.15, -0.1) is 0 Å². The molecule has 0 spiro atoms. The summed E-state index contributed by atoms with van der Waals surface area (Å²) in [5.41, 5.74) is 0. The lowest BCUT2D eigenvalue weighted by atomic mass is 9.84. The van der Waals surface area contributed by atoms with Gasteiger partial charge >= 0.3 is 5.97 Å². The third-order valence-electron chi connectivity index (χ3n) is 4.68. The average molecular weight is 284 g/mol. The maximum Gasteiger partial charge on any atom is 0.303 e. The number of hydrogen-bond donors (Lipinski definition) is 1. The van der Waals surface area contributed by atoms with E-state index in [2.05, 4.69) is 16.7 Å². The summed E-state index contributed by atoms with van der Waals surface area (Å²) in [5, 5.41) is 8.92. The van der Waals surface area contributed by atoms with Gasteiger partial charge in [-0.3, -0.25) is 9.69 Å². The Labute approximate surface area is 121 Å². The number of nitrogens with zero attached hydrogens (tertiary/aromatic N) is 2. The normalized spacial score (nSPS) is 27.4. The number of morpholine rings is 1. The Hall–Kier alpha value is -0.650. The zero-order chi connectivity index (χ0) is 14.4. The molecule has 0 bridgehead atoms. The summed E-state index contributed by atoms with van der Waals surface area (Å²) >= 11 is 0. The molecule has 2 rings (SSSR count). The van der Waals surface area contributed by atoms with Crippen LogP contribution in [0.2, 0.25) is 0 Å². The molecule has 0 amide bonds. The highest BCUT2D eigenvalue weighted by atomic mass is 16.5. The summed E-state index contributed by atoms with van der Waals surface area (Å²) in [5.74, 6) is 0.172. The highest BCUT2D eigenvalue weighted by Crippen LogP contribution is 2.25. The third kappa shape index (κ3) is 5.04. The lowest BCUT2D eigenvalue weighted by molar-refractivity contribution is -0.138. The van der Waals surface area contributed by atoms with Crippen molar-refractivity contribution in [3.8, 4) is 0 Å². The maximum atomic E-state index is 10.8. The molecule has 0 aromatic carbocycles. The molecule has 116 valence electrons. The second-order valence-electron chi connectivity index (χ2n) is 6.23. The van der Waals surface area contributed by atoms with Crippen molar-refractivity contribution in [1.82, 2.24) is 9.80 Å². The third-order valence-corrected chi connectivity index (χ3v) is 4.68. The smallest absolute Gasteiger partial charge is 0.303 e. The van der Waals surface area contributed by atoms with E-state index < -0.39 is 5.97 Å². The molecule has 2 aliphatic heterocycles. The van der Waals surface area contributed by atoms with E-state index in [1.807, 2.05) is 0 Å². The highest BCUT2D eigenvalue weighted by Gasteiger charge is 2.26. The van der Waals surface area contributed by atoms with E-state index in [1.54, 1.807) is 0 Å². The number of aliphatic carboxylic acids is 1. The molecule has 0 saturated carbocycles. The molecule has 5 heteroatoms. The van der Waals surface area contributed by atoms with Gasteiger partial charge < -0.3 is 14.7 Å². The van der Waals surface area contributed by atoms with Crippen LogP contribution in [0.25, 0.3) is 0 Å². The maximum absolute atomic E-state index is 10.8. The summed E-state index contributed by atoms with van der Waals surface area (Å²) in [6.07, 6.45) is 2.70. The van der Waals surface area contributed by atoms with Crippen LogP contribution in [0.1, 0.15) is 26.2 Å². The molecule has 5 nitrogen and oxygen atoms in total. The molecule has 2 aliphatic rings. The Kier molecular flexibility index (Phi) is 6.26. The monoisotopic (exact) mass is 284 g/mol. The average Bonchev–Trinajstić information content (AvgIpc) is 2.46. The van der Waals surface area contributed by atoms with Crippen molar-refractivity contribution < 1.29 is 14.6 Å². The van der Waals surface area contributed by atoms with Crippen LogP contribution in [-0.2, 0) is 9.53 Å². The molecule has 0 radical (unpaired) electrons. The Morgan fingerprint density at radius 3 is 2.65 bits per heavy atom. The van der Waals surface area contributed by atoms with Crippen molar-refractivity contribution in [3.05, 3.63) is 0 Å². The first-order chi connectivity index (χ1) is 9.65. The van der Waals surface area contributed by atoms with Crippen LogP contribution in [0.4, 0.5) is 0 Å². The standard InChI is InChI=1S/C15H28N2O3/c1-13(11-15(18)19)14-3-2-4-17(12-14)6-5-16-7-9-20-10-8-16/h13-14H,2-12H2,1H3,(H,18,19). The zero-order valence-corrected chi connectivity index (χ0v) is 12.6. The molecule has 0 aliphatic carbocycles. The Morgan fingerprint density at radius 2 is 1.95 bits per heavy atom. The predicted molar refractivity (Wildman–Crippen MR) is 77.8 cm³/mol. The van der Waals surface area contributed by atoms with E-state index >= 15 is 0 Å². The van der Waals surface area contributed by atoms with Crippen molar-refractivity contribution in [2.75, 3.05) is 52.5 Å². The van der Waals surface area contributed by atoms with Gasteiger partial charge in [-0.2, -0.15) is 0 Å². The number of carboxylic acid groups (broad SMARTS) is 1. The molecular weight excluding hydrogens is 256 g/mol. The zero-order valence-electron chi connectivity index (χ0n) is 12.6. The second-order valence-corrected chi connectivity index (χ2v) is 6.23. The van der Waals surface area contributed by atoms with Crippen LogP contribution in [0.15, 0.2) is 0 Å². The van der Waals surface area contributed by atoms with Gasteiger partial charge in [-0.05, 0) is 31.2 Å². The van der Waals surface area contributed by atoms with Gasteiger partial charge in [0.25, 0.3) is 0 Å². The molecule has 0 aromatic rings. The van der Waals surface area contributed by atoms with Crippen LogP contribution in [0, 0.1) is 11.8 Å². The number of hydrogen-bond acceptors (Lipinski definition) is 4. The number of rotatable bonds is 6. The van der Waals surface area contributed by atoms with Gasteiger partial charge in [0, 0.05) is 39.1 Å². The first-order valence-electron chi connectivity index (χ1n) is 7.89. The van der Waals surface area contributed by atoms with E-state index in [1.165, 1.54) is 19.4 Å². The van der Waals surface area contributed by atoms with Crippen molar-refractivity contribution in [2.45, 2.75) is 26.2 Å². The Balaban J connectivity index is 1.70. The first-order valence-corrected chi connectivity index (χ1v) is 7.89. The molecule has 1 N–H and O–H groups in total. The molecule has 2 unspecified atom stereocenters. The number of piperidine rings is 1. The number of ether oxygens (including phenoxy) is 1. The minimum atomic E-state index is -0.664. The van der Waals surface area contributed by atoms with E-state index in [0.717, 1.165) is 45.9 Å². The fourth-order valence-electron chi connectivity index (χ4n) is 3.31. The lowest BCUT2D eigenvalue weighted by Gasteiger charge is -2.37. The van der Waals surface area contributed by atoms with Gasteiger partial charge in [-0.1, -0.05) is 6.92 Å². The summed E-state index contributed by atoms with van der Waals surface area (Å²) in [6, 6.07) is 0. The fraction of sp³-hybridized carbons (Fsp3) is 0.933. The molecule has 20 heavy (non-hydrogen) atoms. The Bertz CT molecular complexity index is 305. The minimum Gasteiger partial charge on any atom is -0.481 e. The van der Waals surface area contributed by atoms with Gasteiger partial charge in [-0.25, -0.2) is 0 Å². The highest BCUT2D eigenvalue weighted by molar-refractivity contribution is 5.66. The van der Waals surface area contributed by atoms with Crippen molar-refractivity contribution >= 4 is 5.97 Å². The first kappa shape index (κ1) is 15.7. The van der Waals surface area contributed by atoms with E-state index in [0.29, 0.717) is 18.3 Å². The number of likely N-dealkylation sites (tertiary alicyclic amines) is 1. The van der Waals surface area contributed by atoms with Crippen LogP contribution in [0.5, 0.6) is 0 Å². The predicted octanol–water partition coefficient (Wildman–Crippen LogP) is 1.14. The number of carbonyl (C=O) groups is 1. The molecule has 2 atom stereocenters. The largest absolute Gasteiger partial charge is 0.481 e. The minimum absolute atomic E-state index is 0.290. The molecule has 2 fully saturated rings. The molecule has 2 saturated heterocycles. The van der Waals surface area contributed by atoms with Gasteiger partial charge in [0.1, 0.15) is 0 Å². The van der Waals surface area contributed by atoms with Crippen LogP contribution < -0.4 is 0 Å². The van der Waals surface area contributed by atoms with E-state index in [9.17, 15) is 4.79 Å². The Morgan fingerprint density at radius 1 is 1.25 bits per heavy atom. The van der Waals surface area contributed by atoms with Gasteiger partial charge in [0.2, 0.25) is 0 Å². The SMILES string of the molecule is CC(CC(=O)O)C1CCCN(CCN2CCOCC2)C1. The summed E-state index contributed by atoms with van der Waals surface area (Å²) in [6.45, 7) is 10.4. The lowest BCUT2D eigenvalue weighted by Crippen LogP contribution is -2.45.